The van der Waals surface area contributed by atoms with Crippen molar-refractivity contribution in [3.05, 3.63) is 68.6 Å². The molecule has 0 aliphatic carbocycles. The number of aromatic amines is 1. The second kappa shape index (κ2) is 12.3. The standard InChI is InChI=1S/C19H19F4N5O.C5H4F3N3O/c1-2-3-4-5-6-28-10-26-14-8-11(13(20)7-12(14)18(28)29)15-9-25-16(17(24)27-15)19(21,22)23;6-5(7,8)3-2(9)1-10-11-4(3)12/h7-10H,2-6H2,1H3,(H2,24,27);1H,(H3,9,11,12). The van der Waals surface area contributed by atoms with Gasteiger partial charge in [0, 0.05) is 12.1 Å². The van der Waals surface area contributed by atoms with E-state index in [4.69, 9.17) is 11.5 Å². The van der Waals surface area contributed by atoms with Crippen molar-refractivity contribution in [2.75, 3.05) is 11.5 Å². The molecule has 1 aromatic carbocycles. The van der Waals surface area contributed by atoms with E-state index in [1.165, 1.54) is 17.0 Å². The molecule has 10 nitrogen and oxygen atoms in total. The summed E-state index contributed by atoms with van der Waals surface area (Å²) in [7, 11) is 0. The predicted molar refractivity (Wildman–Crippen MR) is 135 cm³/mol. The Morgan fingerprint density at radius 1 is 0.951 bits per heavy atom. The zero-order chi connectivity index (χ0) is 30.5. The third-order valence-electron chi connectivity index (χ3n) is 5.68. The Kier molecular flexibility index (Phi) is 9.29. The first-order chi connectivity index (χ1) is 19.1. The molecule has 0 aliphatic heterocycles. The zero-order valence-electron chi connectivity index (χ0n) is 21.3. The number of nitrogens with one attached hydrogen (secondary N) is 1. The van der Waals surface area contributed by atoms with Gasteiger partial charge in [0.25, 0.3) is 11.1 Å². The topological polar surface area (TPSA) is 158 Å². The molecule has 0 saturated carbocycles. The highest BCUT2D eigenvalue weighted by Gasteiger charge is 2.37. The van der Waals surface area contributed by atoms with E-state index in [9.17, 15) is 40.3 Å². The number of H-pyrrole nitrogens is 1. The number of hydrogen-bond donors (Lipinski definition) is 3. The number of anilines is 2. The fourth-order valence-corrected chi connectivity index (χ4v) is 3.70. The van der Waals surface area contributed by atoms with Crippen molar-refractivity contribution in [2.45, 2.75) is 51.5 Å². The van der Waals surface area contributed by atoms with Gasteiger partial charge in [0.2, 0.25) is 0 Å². The molecule has 0 amide bonds. The van der Waals surface area contributed by atoms with Gasteiger partial charge in [-0.15, -0.1) is 0 Å². The molecule has 0 spiro atoms. The van der Waals surface area contributed by atoms with E-state index in [-0.39, 0.29) is 27.7 Å². The lowest BCUT2D eigenvalue weighted by molar-refractivity contribution is -0.140. The van der Waals surface area contributed by atoms with Gasteiger partial charge >= 0.3 is 12.4 Å². The summed E-state index contributed by atoms with van der Waals surface area (Å²) in [5, 5.41) is 4.82. The Bertz CT molecular complexity index is 1650. The van der Waals surface area contributed by atoms with Gasteiger partial charge in [0.1, 0.15) is 11.4 Å². The van der Waals surface area contributed by atoms with Gasteiger partial charge in [-0.05, 0) is 18.6 Å². The molecule has 0 saturated heterocycles. The third kappa shape index (κ3) is 7.34. The van der Waals surface area contributed by atoms with E-state index in [2.05, 4.69) is 27.0 Å². The predicted octanol–water partition coefficient (Wildman–Crippen LogP) is 4.54. The maximum absolute atomic E-state index is 14.6. The number of hydrogen-bond acceptors (Lipinski definition) is 8. The number of halogens is 7. The summed E-state index contributed by atoms with van der Waals surface area (Å²) in [5.74, 6) is -1.68. The number of rotatable bonds is 6. The molecule has 0 atom stereocenters. The molecule has 0 unspecified atom stereocenters. The number of aromatic nitrogens is 6. The van der Waals surface area contributed by atoms with E-state index in [1.807, 2.05) is 0 Å². The molecule has 0 aliphatic rings. The zero-order valence-corrected chi connectivity index (χ0v) is 21.3. The van der Waals surface area contributed by atoms with E-state index in [0.717, 1.165) is 44.1 Å². The molecule has 0 radical (unpaired) electrons. The number of nitrogens with zero attached hydrogens (tertiary/aromatic N) is 5. The minimum absolute atomic E-state index is 0.0806. The van der Waals surface area contributed by atoms with Crippen LogP contribution in [0.1, 0.15) is 43.9 Å². The SMILES string of the molecule is CCCCCCn1cnc2cc(-c3cnc(C(F)(F)F)c(N)n3)c(F)cc2c1=O.Nc1cn[nH]c(=O)c1C(F)(F)F. The van der Waals surface area contributed by atoms with Crippen molar-refractivity contribution in [3.63, 3.8) is 0 Å². The normalized spacial score (nSPS) is 11.8. The summed E-state index contributed by atoms with van der Waals surface area (Å²) in [6.45, 7) is 2.56. The first-order valence-corrected chi connectivity index (χ1v) is 11.9. The molecule has 0 fully saturated rings. The molecule has 220 valence electrons. The molecular weight excluding hydrogens is 565 g/mol. The molecule has 5 N–H and O–H groups in total. The molecule has 4 aromatic rings. The Hall–Kier alpha value is -4.57. The Morgan fingerprint density at radius 3 is 2.22 bits per heavy atom. The molecule has 17 heteroatoms. The highest BCUT2D eigenvalue weighted by Crippen LogP contribution is 2.33. The second-order valence-corrected chi connectivity index (χ2v) is 8.67. The van der Waals surface area contributed by atoms with Crippen molar-refractivity contribution in [3.8, 4) is 11.3 Å². The number of unbranched alkanes of at least 4 members (excludes halogenated alkanes) is 3. The largest absolute Gasteiger partial charge is 0.437 e. The van der Waals surface area contributed by atoms with Crippen molar-refractivity contribution >= 4 is 22.4 Å². The number of benzene rings is 1. The van der Waals surface area contributed by atoms with E-state index < -0.39 is 46.5 Å². The van der Waals surface area contributed by atoms with Gasteiger partial charge in [0.15, 0.2) is 11.5 Å². The molecule has 3 aromatic heterocycles. The van der Waals surface area contributed by atoms with Crippen molar-refractivity contribution in [1.29, 1.82) is 0 Å². The van der Waals surface area contributed by atoms with Gasteiger partial charge in [-0.3, -0.25) is 14.2 Å². The van der Waals surface area contributed by atoms with Crippen LogP contribution in [0.4, 0.5) is 42.2 Å². The van der Waals surface area contributed by atoms with Crippen LogP contribution in [-0.4, -0.2) is 29.7 Å². The Morgan fingerprint density at radius 2 is 1.66 bits per heavy atom. The molecular formula is C24H23F7N8O2. The molecule has 0 bridgehead atoms. The maximum Gasteiger partial charge on any atom is 0.437 e. The van der Waals surface area contributed by atoms with Crippen LogP contribution in [0.5, 0.6) is 0 Å². The number of fused-ring (bicyclic) bond motifs is 1. The van der Waals surface area contributed by atoms with E-state index in [0.29, 0.717) is 6.54 Å². The lowest BCUT2D eigenvalue weighted by Crippen LogP contribution is -2.24. The molecule has 41 heavy (non-hydrogen) atoms. The summed E-state index contributed by atoms with van der Waals surface area (Å²) >= 11 is 0. The van der Waals surface area contributed by atoms with Crippen LogP contribution in [0.2, 0.25) is 0 Å². The lowest BCUT2D eigenvalue weighted by Gasteiger charge is -2.11. The minimum atomic E-state index is -4.76. The van der Waals surface area contributed by atoms with Crippen molar-refractivity contribution in [2.24, 2.45) is 0 Å². The third-order valence-corrected chi connectivity index (χ3v) is 5.68. The fourth-order valence-electron chi connectivity index (χ4n) is 3.70. The summed E-state index contributed by atoms with van der Waals surface area (Å²) in [4.78, 5) is 34.2. The van der Waals surface area contributed by atoms with Crippen molar-refractivity contribution < 1.29 is 30.7 Å². The second-order valence-electron chi connectivity index (χ2n) is 8.67. The van der Waals surface area contributed by atoms with Crippen molar-refractivity contribution in [1.82, 2.24) is 29.7 Å². The van der Waals surface area contributed by atoms with Gasteiger partial charge in [-0.1, -0.05) is 26.2 Å². The Balaban J connectivity index is 0.000000322. The van der Waals surface area contributed by atoms with Crippen LogP contribution in [0.25, 0.3) is 22.2 Å². The Labute approximate surface area is 226 Å². The van der Waals surface area contributed by atoms with E-state index in [1.54, 1.807) is 5.10 Å². The van der Waals surface area contributed by atoms with Crippen LogP contribution in [-0.2, 0) is 18.9 Å². The van der Waals surface area contributed by atoms with Crippen LogP contribution < -0.4 is 22.6 Å². The fraction of sp³-hybridized carbons (Fsp3) is 0.333. The van der Waals surface area contributed by atoms with Gasteiger partial charge in [-0.2, -0.15) is 31.4 Å². The quantitative estimate of drug-likeness (QED) is 0.219. The van der Waals surface area contributed by atoms with Gasteiger partial charge in [0.05, 0.1) is 41.0 Å². The smallest absolute Gasteiger partial charge is 0.397 e. The maximum atomic E-state index is 14.6. The first-order valence-electron chi connectivity index (χ1n) is 11.9. The summed E-state index contributed by atoms with van der Waals surface area (Å²) in [6.07, 6.45) is -2.68. The number of nitrogen functional groups attached to an aromatic ring is 2. The van der Waals surface area contributed by atoms with E-state index >= 15 is 0 Å². The van der Waals surface area contributed by atoms with Crippen LogP contribution in [0.3, 0.4) is 0 Å². The average molecular weight is 588 g/mol. The first kappa shape index (κ1) is 31.0. The highest BCUT2D eigenvalue weighted by molar-refractivity contribution is 5.83. The molecule has 3 heterocycles. The minimum Gasteiger partial charge on any atom is -0.397 e. The number of alkyl halides is 6. The highest BCUT2D eigenvalue weighted by atomic mass is 19.4. The van der Waals surface area contributed by atoms with Crippen LogP contribution >= 0.6 is 0 Å². The van der Waals surface area contributed by atoms with Crippen LogP contribution in [0, 0.1) is 5.82 Å². The summed E-state index contributed by atoms with van der Waals surface area (Å²) in [6, 6.07) is 2.27. The van der Waals surface area contributed by atoms with Crippen LogP contribution in [0.15, 0.2) is 40.4 Å². The average Bonchev–Trinajstić information content (AvgIpc) is 2.86. The number of aryl methyl sites for hydroxylation is 1. The number of nitrogens with two attached hydrogens (primary N) is 2. The summed E-state index contributed by atoms with van der Waals surface area (Å²) < 4.78 is 90.3. The lowest BCUT2D eigenvalue weighted by atomic mass is 10.1. The van der Waals surface area contributed by atoms with Gasteiger partial charge < -0.3 is 11.5 Å². The monoisotopic (exact) mass is 588 g/mol. The molecule has 4 rings (SSSR count). The summed E-state index contributed by atoms with van der Waals surface area (Å²) in [5.41, 5.74) is 4.99. The van der Waals surface area contributed by atoms with Gasteiger partial charge in [-0.25, -0.2) is 24.4 Å².